The van der Waals surface area contributed by atoms with Gasteiger partial charge in [-0.1, -0.05) is 36.4 Å². The SMILES string of the molecule is [C]1C=Nc2c1ccc1ccccc21. The molecule has 1 heteroatoms. The van der Waals surface area contributed by atoms with Gasteiger partial charge in [0.15, 0.2) is 0 Å². The standard InChI is InChI=1S/C12H7N/c1-2-4-11-9(3-1)5-6-10-7-8-13-12(10)11/h1-6,8H. The molecular weight excluding hydrogens is 158 g/mol. The van der Waals surface area contributed by atoms with Crippen LogP contribution in [0.2, 0.25) is 0 Å². The first kappa shape index (κ1) is 6.84. The summed E-state index contributed by atoms with van der Waals surface area (Å²) in [6.07, 6.45) is 4.83. The van der Waals surface area contributed by atoms with Crippen molar-refractivity contribution in [1.29, 1.82) is 0 Å². The van der Waals surface area contributed by atoms with Gasteiger partial charge in [-0.2, -0.15) is 0 Å². The third-order valence-corrected chi connectivity index (χ3v) is 2.31. The van der Waals surface area contributed by atoms with E-state index in [9.17, 15) is 0 Å². The molecule has 1 aliphatic rings. The maximum absolute atomic E-state index is 4.29. The van der Waals surface area contributed by atoms with E-state index >= 15 is 0 Å². The lowest BCUT2D eigenvalue weighted by Gasteiger charge is -2.01. The molecule has 0 amide bonds. The van der Waals surface area contributed by atoms with E-state index in [1.165, 1.54) is 10.8 Å². The molecular formula is C12H7N. The summed E-state index contributed by atoms with van der Waals surface area (Å²) in [5, 5.41) is 2.45. The number of rotatable bonds is 0. The molecule has 0 saturated carbocycles. The molecule has 0 spiro atoms. The number of hydrogen-bond acceptors (Lipinski definition) is 1. The Morgan fingerprint density at radius 1 is 1.00 bits per heavy atom. The lowest BCUT2D eigenvalue weighted by Crippen LogP contribution is -1.77. The molecule has 1 heterocycles. The van der Waals surface area contributed by atoms with Crippen LogP contribution in [0.3, 0.4) is 0 Å². The third kappa shape index (κ3) is 0.903. The highest BCUT2D eigenvalue weighted by Crippen LogP contribution is 2.33. The van der Waals surface area contributed by atoms with Crippen molar-refractivity contribution in [1.82, 2.24) is 0 Å². The maximum atomic E-state index is 4.29. The van der Waals surface area contributed by atoms with E-state index in [0.29, 0.717) is 0 Å². The van der Waals surface area contributed by atoms with Crippen molar-refractivity contribution in [3.8, 4) is 0 Å². The molecule has 3 rings (SSSR count). The second-order valence-electron chi connectivity index (χ2n) is 3.09. The van der Waals surface area contributed by atoms with E-state index in [1.807, 2.05) is 12.1 Å². The van der Waals surface area contributed by atoms with E-state index in [1.54, 1.807) is 6.21 Å². The van der Waals surface area contributed by atoms with Crippen molar-refractivity contribution < 1.29 is 0 Å². The zero-order valence-corrected chi connectivity index (χ0v) is 6.99. The van der Waals surface area contributed by atoms with Crippen LogP contribution in [0.1, 0.15) is 5.56 Å². The average molecular weight is 165 g/mol. The Hall–Kier alpha value is -1.63. The van der Waals surface area contributed by atoms with Gasteiger partial charge in [-0.25, -0.2) is 0 Å². The van der Waals surface area contributed by atoms with Crippen molar-refractivity contribution >= 4 is 22.7 Å². The van der Waals surface area contributed by atoms with Gasteiger partial charge in [0, 0.05) is 11.6 Å². The van der Waals surface area contributed by atoms with Crippen LogP contribution in [-0.4, -0.2) is 6.21 Å². The number of nitrogens with zero attached hydrogens (tertiary/aromatic N) is 1. The second kappa shape index (κ2) is 2.43. The van der Waals surface area contributed by atoms with E-state index in [0.717, 1.165) is 11.3 Å². The molecule has 0 unspecified atom stereocenters. The summed E-state index contributed by atoms with van der Waals surface area (Å²) in [6, 6.07) is 12.4. The lowest BCUT2D eigenvalue weighted by molar-refractivity contribution is 1.58. The first-order chi connectivity index (χ1) is 6.45. The molecule has 0 aromatic heterocycles. The second-order valence-corrected chi connectivity index (χ2v) is 3.09. The normalized spacial score (nSPS) is 13.5. The fourth-order valence-corrected chi connectivity index (χ4v) is 1.68. The van der Waals surface area contributed by atoms with E-state index in [2.05, 4.69) is 35.7 Å². The predicted octanol–water partition coefficient (Wildman–Crippen LogP) is 2.99. The highest BCUT2D eigenvalue weighted by Gasteiger charge is 2.09. The van der Waals surface area contributed by atoms with Gasteiger partial charge >= 0.3 is 0 Å². The van der Waals surface area contributed by atoms with Crippen LogP contribution in [0, 0.1) is 6.42 Å². The van der Waals surface area contributed by atoms with Gasteiger partial charge in [-0.3, -0.25) is 4.99 Å². The van der Waals surface area contributed by atoms with Crippen LogP contribution in [-0.2, 0) is 0 Å². The lowest BCUT2D eigenvalue weighted by atomic mass is 10.0. The van der Waals surface area contributed by atoms with Crippen LogP contribution in [0.4, 0.5) is 5.69 Å². The molecule has 1 nitrogen and oxygen atoms in total. The van der Waals surface area contributed by atoms with Gasteiger partial charge in [-0.05, 0) is 10.9 Å². The monoisotopic (exact) mass is 165 g/mol. The van der Waals surface area contributed by atoms with E-state index < -0.39 is 0 Å². The summed E-state index contributed by atoms with van der Waals surface area (Å²) >= 11 is 0. The van der Waals surface area contributed by atoms with Crippen LogP contribution in [0.15, 0.2) is 41.4 Å². The first-order valence-corrected chi connectivity index (χ1v) is 4.26. The molecule has 2 aromatic rings. The number of benzene rings is 2. The largest absolute Gasteiger partial charge is 0.259 e. The van der Waals surface area contributed by atoms with Gasteiger partial charge < -0.3 is 0 Å². The third-order valence-electron chi connectivity index (χ3n) is 2.31. The number of hydrogen-bond donors (Lipinski definition) is 0. The maximum Gasteiger partial charge on any atom is 0.0746 e. The minimum absolute atomic E-state index is 1.05. The highest BCUT2D eigenvalue weighted by molar-refractivity contribution is 6.01. The molecule has 0 bridgehead atoms. The van der Waals surface area contributed by atoms with Crippen molar-refractivity contribution in [2.45, 2.75) is 0 Å². The van der Waals surface area contributed by atoms with Crippen molar-refractivity contribution in [2.24, 2.45) is 4.99 Å². The van der Waals surface area contributed by atoms with Crippen molar-refractivity contribution in [3.63, 3.8) is 0 Å². The fraction of sp³-hybridized carbons (Fsp3) is 0. The molecule has 0 fully saturated rings. The smallest absolute Gasteiger partial charge is 0.0746 e. The zero-order chi connectivity index (χ0) is 8.67. The molecule has 0 saturated heterocycles. The van der Waals surface area contributed by atoms with Crippen LogP contribution >= 0.6 is 0 Å². The fourth-order valence-electron chi connectivity index (χ4n) is 1.68. The van der Waals surface area contributed by atoms with Gasteiger partial charge in [0.25, 0.3) is 0 Å². The summed E-state index contributed by atoms with van der Waals surface area (Å²) in [5.41, 5.74) is 2.15. The Kier molecular flexibility index (Phi) is 1.28. The minimum atomic E-state index is 1.05. The molecule has 13 heavy (non-hydrogen) atoms. The summed E-state index contributed by atoms with van der Waals surface area (Å²) < 4.78 is 0. The Morgan fingerprint density at radius 2 is 1.92 bits per heavy atom. The molecule has 1 aliphatic heterocycles. The molecule has 2 aromatic carbocycles. The summed E-state index contributed by atoms with van der Waals surface area (Å²) in [5.74, 6) is 0. The zero-order valence-electron chi connectivity index (χ0n) is 6.99. The topological polar surface area (TPSA) is 12.4 Å². The number of fused-ring (bicyclic) bond motifs is 3. The van der Waals surface area contributed by atoms with Gasteiger partial charge in [0.1, 0.15) is 0 Å². The molecule has 60 valence electrons. The van der Waals surface area contributed by atoms with Gasteiger partial charge in [0.05, 0.1) is 12.1 Å². The summed E-state index contributed by atoms with van der Waals surface area (Å²) in [7, 11) is 0. The van der Waals surface area contributed by atoms with Crippen LogP contribution in [0.25, 0.3) is 10.8 Å². The Bertz CT molecular complexity index is 497. The summed E-state index contributed by atoms with van der Waals surface area (Å²) in [6.45, 7) is 0. The van der Waals surface area contributed by atoms with Crippen molar-refractivity contribution in [3.05, 3.63) is 48.4 Å². The predicted molar refractivity (Wildman–Crippen MR) is 54.4 cm³/mol. The highest BCUT2D eigenvalue weighted by atomic mass is 14.7. The molecule has 0 aliphatic carbocycles. The molecule has 2 radical (unpaired) electrons. The Balaban J connectivity index is 2.49. The Labute approximate surface area is 76.7 Å². The first-order valence-electron chi connectivity index (χ1n) is 4.26. The molecule has 0 atom stereocenters. The Morgan fingerprint density at radius 3 is 2.92 bits per heavy atom. The average Bonchev–Trinajstić information content (AvgIpc) is 2.65. The van der Waals surface area contributed by atoms with Gasteiger partial charge in [0.2, 0.25) is 0 Å². The summed E-state index contributed by atoms with van der Waals surface area (Å²) in [4.78, 5) is 4.29. The quantitative estimate of drug-likeness (QED) is 0.569. The van der Waals surface area contributed by atoms with E-state index in [4.69, 9.17) is 0 Å². The van der Waals surface area contributed by atoms with Crippen LogP contribution < -0.4 is 0 Å². The minimum Gasteiger partial charge on any atom is -0.259 e. The number of aliphatic imine (C=N–C) groups is 1. The van der Waals surface area contributed by atoms with E-state index in [-0.39, 0.29) is 0 Å². The molecule has 0 N–H and O–H groups in total. The van der Waals surface area contributed by atoms with Gasteiger partial charge in [-0.15, -0.1) is 0 Å². The van der Waals surface area contributed by atoms with Crippen molar-refractivity contribution in [2.75, 3.05) is 0 Å². The van der Waals surface area contributed by atoms with Crippen LogP contribution in [0.5, 0.6) is 0 Å².